The van der Waals surface area contributed by atoms with Gasteiger partial charge in [0.2, 0.25) is 0 Å². The number of rotatable bonds is 6. The van der Waals surface area contributed by atoms with E-state index in [2.05, 4.69) is 0 Å². The van der Waals surface area contributed by atoms with E-state index in [9.17, 15) is 13.2 Å². The van der Waals surface area contributed by atoms with Gasteiger partial charge in [-0.3, -0.25) is 0 Å². The van der Waals surface area contributed by atoms with Crippen molar-refractivity contribution in [2.24, 2.45) is 0 Å². The normalized spacial score (nSPS) is 11.0. The summed E-state index contributed by atoms with van der Waals surface area (Å²) < 4.78 is 29.4. The Morgan fingerprint density at radius 3 is 2.43 bits per heavy atom. The minimum Gasteiger partial charge on any atom is -0.492 e. The van der Waals surface area contributed by atoms with E-state index in [1.807, 2.05) is 0 Å². The number of carbonyl (C=O) groups is 1. The highest BCUT2D eigenvalue weighted by Crippen LogP contribution is 2.15. The zero-order valence-electron chi connectivity index (χ0n) is 11.1. The van der Waals surface area contributed by atoms with Gasteiger partial charge in [0.15, 0.2) is 9.84 Å². The molecule has 2 aromatic rings. The third-order valence-electron chi connectivity index (χ3n) is 2.80. The Morgan fingerprint density at radius 1 is 1.05 bits per heavy atom. The first kappa shape index (κ1) is 15.1. The second kappa shape index (κ2) is 6.41. The Labute approximate surface area is 122 Å². The van der Waals surface area contributed by atoms with Crippen LogP contribution in [0.15, 0.2) is 59.5 Å². The molecule has 0 amide bonds. The van der Waals surface area contributed by atoms with Crippen LogP contribution < -0.4 is 4.74 Å². The molecule has 5 nitrogen and oxygen atoms in total. The molecule has 0 aromatic heterocycles. The van der Waals surface area contributed by atoms with Crippen LogP contribution in [0, 0.1) is 0 Å². The van der Waals surface area contributed by atoms with Crippen LogP contribution in [0.4, 0.5) is 0 Å². The first-order valence-corrected chi connectivity index (χ1v) is 7.88. The molecule has 0 atom stereocenters. The smallest absolute Gasteiger partial charge is 0.335 e. The fraction of sp³-hybridized carbons (Fsp3) is 0.133. The van der Waals surface area contributed by atoms with E-state index in [0.29, 0.717) is 5.75 Å². The quantitative estimate of drug-likeness (QED) is 0.885. The number of benzene rings is 2. The summed E-state index contributed by atoms with van der Waals surface area (Å²) in [6.07, 6.45) is 0. The molecule has 6 heteroatoms. The Balaban J connectivity index is 1.98. The summed E-state index contributed by atoms with van der Waals surface area (Å²) in [7, 11) is -3.40. The molecule has 2 aromatic carbocycles. The van der Waals surface area contributed by atoms with Crippen LogP contribution in [0.5, 0.6) is 5.75 Å². The molecule has 0 radical (unpaired) electrons. The fourth-order valence-electron chi connectivity index (χ4n) is 1.73. The molecule has 0 unspecified atom stereocenters. The van der Waals surface area contributed by atoms with E-state index in [4.69, 9.17) is 9.84 Å². The van der Waals surface area contributed by atoms with Gasteiger partial charge in [0.25, 0.3) is 0 Å². The molecule has 1 N–H and O–H groups in total. The van der Waals surface area contributed by atoms with Crippen molar-refractivity contribution in [3.63, 3.8) is 0 Å². The molecule has 0 aliphatic heterocycles. The zero-order chi connectivity index (χ0) is 15.3. The number of sulfone groups is 1. The topological polar surface area (TPSA) is 80.7 Å². The van der Waals surface area contributed by atoms with Crippen molar-refractivity contribution in [1.82, 2.24) is 0 Å². The zero-order valence-corrected chi connectivity index (χ0v) is 11.9. The van der Waals surface area contributed by atoms with E-state index in [-0.39, 0.29) is 22.8 Å². The summed E-state index contributed by atoms with van der Waals surface area (Å²) in [6, 6.07) is 14.0. The lowest BCUT2D eigenvalue weighted by molar-refractivity contribution is 0.0696. The molecule has 110 valence electrons. The number of hydrogen-bond acceptors (Lipinski definition) is 4. The Bertz CT molecular complexity index is 723. The monoisotopic (exact) mass is 306 g/mol. The molecule has 0 spiro atoms. The standard InChI is InChI=1S/C15H14O5S/c16-15(17)12-5-4-6-13(11-12)20-9-10-21(18,19)14-7-2-1-3-8-14/h1-8,11H,9-10H2,(H,16,17). The van der Waals surface area contributed by atoms with Crippen LogP contribution in [0.3, 0.4) is 0 Å². The van der Waals surface area contributed by atoms with Crippen molar-refractivity contribution < 1.29 is 23.1 Å². The Morgan fingerprint density at radius 2 is 1.76 bits per heavy atom. The van der Waals surface area contributed by atoms with Gasteiger partial charge in [-0.05, 0) is 30.3 Å². The molecular weight excluding hydrogens is 292 g/mol. The number of carboxylic acid groups (broad SMARTS) is 1. The van der Waals surface area contributed by atoms with Gasteiger partial charge in [0.05, 0.1) is 16.2 Å². The van der Waals surface area contributed by atoms with Gasteiger partial charge in [0.1, 0.15) is 12.4 Å². The average Bonchev–Trinajstić information content (AvgIpc) is 2.48. The largest absolute Gasteiger partial charge is 0.492 e. The maximum absolute atomic E-state index is 12.0. The highest BCUT2D eigenvalue weighted by molar-refractivity contribution is 7.91. The van der Waals surface area contributed by atoms with E-state index in [0.717, 1.165) is 0 Å². The minimum atomic E-state index is -3.40. The predicted molar refractivity (Wildman–Crippen MR) is 77.4 cm³/mol. The Kier molecular flexibility index (Phi) is 4.59. The highest BCUT2D eigenvalue weighted by atomic mass is 32.2. The lowest BCUT2D eigenvalue weighted by atomic mass is 10.2. The van der Waals surface area contributed by atoms with E-state index in [1.54, 1.807) is 30.3 Å². The lowest BCUT2D eigenvalue weighted by Gasteiger charge is -2.08. The van der Waals surface area contributed by atoms with Gasteiger partial charge in [-0.25, -0.2) is 13.2 Å². The first-order valence-electron chi connectivity index (χ1n) is 6.23. The fourth-order valence-corrected chi connectivity index (χ4v) is 2.84. The van der Waals surface area contributed by atoms with Crippen LogP contribution in [0.2, 0.25) is 0 Å². The summed E-state index contributed by atoms with van der Waals surface area (Å²) in [5.74, 6) is -0.899. The molecule has 0 bridgehead atoms. The van der Waals surface area contributed by atoms with Crippen LogP contribution in [-0.4, -0.2) is 31.9 Å². The first-order chi connectivity index (χ1) is 9.99. The molecule has 2 rings (SSSR count). The third-order valence-corrected chi connectivity index (χ3v) is 4.50. The summed E-state index contributed by atoms with van der Waals surface area (Å²) >= 11 is 0. The molecule has 21 heavy (non-hydrogen) atoms. The van der Waals surface area contributed by atoms with Gasteiger partial charge >= 0.3 is 5.97 Å². The highest BCUT2D eigenvalue weighted by Gasteiger charge is 2.14. The predicted octanol–water partition coefficient (Wildman–Crippen LogP) is 2.24. The summed E-state index contributed by atoms with van der Waals surface area (Å²) in [4.78, 5) is 11.1. The average molecular weight is 306 g/mol. The minimum absolute atomic E-state index is 0.0414. The molecule has 0 heterocycles. The summed E-state index contributed by atoms with van der Waals surface area (Å²) in [5.41, 5.74) is 0.0958. The summed E-state index contributed by atoms with van der Waals surface area (Å²) in [6.45, 7) is -0.0414. The molecule has 0 saturated carbocycles. The third kappa shape index (κ3) is 4.06. The van der Waals surface area contributed by atoms with Crippen LogP contribution >= 0.6 is 0 Å². The SMILES string of the molecule is O=C(O)c1cccc(OCCS(=O)(=O)c2ccccc2)c1. The van der Waals surface area contributed by atoms with Gasteiger partial charge in [0, 0.05) is 0 Å². The second-order valence-electron chi connectivity index (χ2n) is 4.31. The molecule has 0 saturated heterocycles. The number of ether oxygens (including phenoxy) is 1. The molecule has 0 aliphatic carbocycles. The van der Waals surface area contributed by atoms with Crippen molar-refractivity contribution >= 4 is 15.8 Å². The molecular formula is C15H14O5S. The van der Waals surface area contributed by atoms with Gasteiger partial charge in [-0.1, -0.05) is 24.3 Å². The van der Waals surface area contributed by atoms with Gasteiger partial charge < -0.3 is 9.84 Å². The van der Waals surface area contributed by atoms with Crippen LogP contribution in [-0.2, 0) is 9.84 Å². The second-order valence-corrected chi connectivity index (χ2v) is 6.42. The van der Waals surface area contributed by atoms with Crippen molar-refractivity contribution in [3.8, 4) is 5.75 Å². The van der Waals surface area contributed by atoms with Gasteiger partial charge in [-0.15, -0.1) is 0 Å². The van der Waals surface area contributed by atoms with E-state index >= 15 is 0 Å². The van der Waals surface area contributed by atoms with Crippen LogP contribution in [0.25, 0.3) is 0 Å². The molecule has 0 aliphatic rings. The van der Waals surface area contributed by atoms with Crippen molar-refractivity contribution in [2.75, 3.05) is 12.4 Å². The lowest BCUT2D eigenvalue weighted by Crippen LogP contribution is -2.14. The van der Waals surface area contributed by atoms with Crippen molar-refractivity contribution in [1.29, 1.82) is 0 Å². The number of hydrogen-bond donors (Lipinski definition) is 1. The van der Waals surface area contributed by atoms with Gasteiger partial charge in [-0.2, -0.15) is 0 Å². The Hall–Kier alpha value is -2.34. The van der Waals surface area contributed by atoms with E-state index in [1.165, 1.54) is 24.3 Å². The number of carboxylic acids is 1. The number of aromatic carboxylic acids is 1. The maximum atomic E-state index is 12.0. The maximum Gasteiger partial charge on any atom is 0.335 e. The van der Waals surface area contributed by atoms with E-state index < -0.39 is 15.8 Å². The van der Waals surface area contributed by atoms with Crippen molar-refractivity contribution in [3.05, 3.63) is 60.2 Å². The molecule has 0 fully saturated rings. The summed E-state index contributed by atoms with van der Waals surface area (Å²) in [5, 5.41) is 8.86. The van der Waals surface area contributed by atoms with Crippen molar-refractivity contribution in [2.45, 2.75) is 4.90 Å². The van der Waals surface area contributed by atoms with Crippen LogP contribution in [0.1, 0.15) is 10.4 Å².